The van der Waals surface area contributed by atoms with Crippen molar-refractivity contribution in [3.8, 4) is 0 Å². The Balaban J connectivity index is 2.43. The van der Waals surface area contributed by atoms with E-state index in [0.717, 1.165) is 24.9 Å². The summed E-state index contributed by atoms with van der Waals surface area (Å²) in [7, 11) is 0. The third-order valence-electron chi connectivity index (χ3n) is 4.17. The maximum absolute atomic E-state index is 12.8. The van der Waals surface area contributed by atoms with Crippen molar-refractivity contribution in [2.24, 2.45) is 0 Å². The first kappa shape index (κ1) is 19.2. The summed E-state index contributed by atoms with van der Waals surface area (Å²) in [5.41, 5.74) is 0.313. The molecule has 0 radical (unpaired) electrons. The Morgan fingerprint density at radius 1 is 1.36 bits per heavy atom. The number of ether oxygens (including phenoxy) is 1. The highest BCUT2D eigenvalue weighted by Crippen LogP contribution is 2.37. The molecule has 6 heteroatoms. The van der Waals surface area contributed by atoms with E-state index in [4.69, 9.17) is 4.74 Å². The highest BCUT2D eigenvalue weighted by molar-refractivity contribution is 5.88. The number of amides is 2. The predicted molar refractivity (Wildman–Crippen MR) is 97.4 cm³/mol. The highest BCUT2D eigenvalue weighted by atomic mass is 16.6. The second-order valence-corrected chi connectivity index (χ2v) is 7.73. The number of rotatable bonds is 3. The van der Waals surface area contributed by atoms with E-state index in [1.165, 1.54) is 0 Å². The molecule has 0 N–H and O–H groups in total. The smallest absolute Gasteiger partial charge is 0.416 e. The number of hydrogen-bond donors (Lipinski definition) is 0. The lowest BCUT2D eigenvalue weighted by atomic mass is 10.0. The van der Waals surface area contributed by atoms with E-state index >= 15 is 0 Å². The minimum Gasteiger partial charge on any atom is -0.443 e. The molecule has 1 atom stereocenters. The van der Waals surface area contributed by atoms with Crippen LogP contribution in [0.2, 0.25) is 0 Å². The molecule has 1 aromatic heterocycles. The third kappa shape index (κ3) is 4.50. The van der Waals surface area contributed by atoms with Crippen LogP contribution in [-0.2, 0) is 9.53 Å². The lowest BCUT2D eigenvalue weighted by Crippen LogP contribution is -2.42. The average Bonchev–Trinajstić information content (AvgIpc) is 2.95. The van der Waals surface area contributed by atoms with Gasteiger partial charge in [0.1, 0.15) is 11.4 Å². The van der Waals surface area contributed by atoms with Crippen LogP contribution >= 0.6 is 0 Å². The number of carbonyl (C=O) groups excluding carboxylic acids is 2. The molecule has 1 aliphatic heterocycles. The fourth-order valence-corrected chi connectivity index (χ4v) is 3.19. The van der Waals surface area contributed by atoms with Gasteiger partial charge in [-0.2, -0.15) is 0 Å². The van der Waals surface area contributed by atoms with Crippen molar-refractivity contribution in [2.75, 3.05) is 11.4 Å². The van der Waals surface area contributed by atoms with Crippen molar-refractivity contribution in [3.63, 3.8) is 0 Å². The van der Waals surface area contributed by atoms with Gasteiger partial charge in [0.05, 0.1) is 6.04 Å². The zero-order chi connectivity index (χ0) is 18.8. The fourth-order valence-electron chi connectivity index (χ4n) is 3.19. The summed E-state index contributed by atoms with van der Waals surface area (Å²) < 4.78 is 5.57. The number of aromatic nitrogens is 1. The van der Waals surface area contributed by atoms with Gasteiger partial charge in [0.25, 0.3) is 0 Å². The number of hydrogen-bond acceptors (Lipinski definition) is 4. The fraction of sp³-hybridized carbons (Fsp3) is 0.632. The van der Waals surface area contributed by atoms with Gasteiger partial charge >= 0.3 is 6.09 Å². The van der Waals surface area contributed by atoms with Crippen molar-refractivity contribution in [1.29, 1.82) is 0 Å². The number of pyridine rings is 1. The van der Waals surface area contributed by atoms with Gasteiger partial charge in [0, 0.05) is 31.3 Å². The second kappa shape index (κ2) is 7.42. The van der Waals surface area contributed by atoms with Crippen LogP contribution in [-0.4, -0.2) is 40.1 Å². The lowest BCUT2D eigenvalue weighted by molar-refractivity contribution is -0.129. The zero-order valence-corrected chi connectivity index (χ0v) is 16.1. The largest absolute Gasteiger partial charge is 0.443 e. The number of carbonyl (C=O) groups is 2. The Bertz CT molecular complexity index is 637. The molecule has 0 aliphatic carbocycles. The highest BCUT2D eigenvalue weighted by Gasteiger charge is 2.34. The molecule has 138 valence electrons. The molecule has 0 saturated carbocycles. The average molecular weight is 347 g/mol. The summed E-state index contributed by atoms with van der Waals surface area (Å²) in [6.07, 6.45) is 3.08. The second-order valence-electron chi connectivity index (χ2n) is 7.73. The molecule has 1 aromatic rings. The van der Waals surface area contributed by atoms with Crippen molar-refractivity contribution >= 4 is 17.8 Å². The van der Waals surface area contributed by atoms with Crippen LogP contribution in [0.1, 0.15) is 66.0 Å². The van der Waals surface area contributed by atoms with Gasteiger partial charge in [-0.3, -0.25) is 9.69 Å². The Hall–Kier alpha value is -2.11. The standard InChI is InChI=1S/C19H29N3O3/c1-13(2)22(18(24)25-19(4,5)6)17-15(9-7-11-20-17)16-10-8-12-21(16)14(3)23/h7,9,11,13,16H,8,10,12H2,1-6H3/t16-/m0/s1. The summed E-state index contributed by atoms with van der Waals surface area (Å²) in [6.45, 7) is 11.7. The van der Waals surface area contributed by atoms with E-state index < -0.39 is 11.7 Å². The van der Waals surface area contributed by atoms with Gasteiger partial charge in [-0.25, -0.2) is 9.78 Å². The molecule has 0 aromatic carbocycles. The molecule has 1 saturated heterocycles. The van der Waals surface area contributed by atoms with E-state index in [9.17, 15) is 9.59 Å². The normalized spacial score (nSPS) is 17.7. The van der Waals surface area contributed by atoms with Crippen molar-refractivity contribution in [2.45, 2.75) is 72.1 Å². The molecule has 0 unspecified atom stereocenters. The lowest BCUT2D eigenvalue weighted by Gasteiger charge is -2.32. The monoisotopic (exact) mass is 347 g/mol. The Morgan fingerprint density at radius 3 is 2.60 bits per heavy atom. The Labute approximate surface area is 150 Å². The zero-order valence-electron chi connectivity index (χ0n) is 16.1. The topological polar surface area (TPSA) is 62.7 Å². The van der Waals surface area contributed by atoms with Gasteiger partial charge in [0.2, 0.25) is 5.91 Å². The minimum absolute atomic E-state index is 0.0469. The molecular formula is C19H29N3O3. The van der Waals surface area contributed by atoms with Crippen LogP contribution in [0.3, 0.4) is 0 Å². The van der Waals surface area contributed by atoms with E-state index in [1.807, 2.05) is 51.7 Å². The van der Waals surface area contributed by atoms with Crippen LogP contribution in [0, 0.1) is 0 Å². The maximum Gasteiger partial charge on any atom is 0.416 e. The number of likely N-dealkylation sites (tertiary alicyclic amines) is 1. The van der Waals surface area contributed by atoms with Crippen molar-refractivity contribution in [1.82, 2.24) is 9.88 Å². The Morgan fingerprint density at radius 2 is 2.04 bits per heavy atom. The van der Waals surface area contributed by atoms with Crippen LogP contribution < -0.4 is 4.90 Å². The quantitative estimate of drug-likeness (QED) is 0.831. The molecule has 0 spiro atoms. The third-order valence-corrected chi connectivity index (χ3v) is 4.17. The predicted octanol–water partition coefficient (Wildman–Crippen LogP) is 3.91. The SMILES string of the molecule is CC(=O)N1CCC[C@H]1c1cccnc1N(C(=O)OC(C)(C)C)C(C)C. The van der Waals surface area contributed by atoms with Crippen molar-refractivity contribution < 1.29 is 14.3 Å². The Kier molecular flexibility index (Phi) is 5.70. The molecule has 2 heterocycles. The van der Waals surface area contributed by atoms with E-state index in [1.54, 1.807) is 18.0 Å². The van der Waals surface area contributed by atoms with Crippen LogP contribution in [0.5, 0.6) is 0 Å². The summed E-state index contributed by atoms with van der Waals surface area (Å²) in [5, 5.41) is 0. The summed E-state index contributed by atoms with van der Waals surface area (Å²) in [4.78, 5) is 32.6. The summed E-state index contributed by atoms with van der Waals surface area (Å²) in [6, 6.07) is 3.64. The van der Waals surface area contributed by atoms with Gasteiger partial charge in [-0.15, -0.1) is 0 Å². The first-order chi connectivity index (χ1) is 11.6. The molecule has 6 nitrogen and oxygen atoms in total. The van der Waals surface area contributed by atoms with Crippen molar-refractivity contribution in [3.05, 3.63) is 23.9 Å². The first-order valence-corrected chi connectivity index (χ1v) is 8.86. The minimum atomic E-state index is -0.585. The number of nitrogens with zero attached hydrogens (tertiary/aromatic N) is 3. The van der Waals surface area contributed by atoms with E-state index in [2.05, 4.69) is 4.98 Å². The molecule has 2 rings (SSSR count). The molecular weight excluding hydrogens is 318 g/mol. The molecule has 2 amide bonds. The van der Waals surface area contributed by atoms with Gasteiger partial charge in [-0.1, -0.05) is 6.07 Å². The summed E-state index contributed by atoms with van der Waals surface area (Å²) >= 11 is 0. The van der Waals surface area contributed by atoms with Gasteiger partial charge in [-0.05, 0) is 53.5 Å². The molecule has 25 heavy (non-hydrogen) atoms. The number of anilines is 1. The van der Waals surface area contributed by atoms with Crippen LogP contribution in [0.15, 0.2) is 18.3 Å². The maximum atomic E-state index is 12.8. The van der Waals surface area contributed by atoms with E-state index in [-0.39, 0.29) is 18.0 Å². The van der Waals surface area contributed by atoms with Crippen LogP contribution in [0.4, 0.5) is 10.6 Å². The molecule has 1 fully saturated rings. The molecule has 0 bridgehead atoms. The first-order valence-electron chi connectivity index (χ1n) is 8.86. The summed E-state index contributed by atoms with van der Waals surface area (Å²) in [5.74, 6) is 0.621. The van der Waals surface area contributed by atoms with Gasteiger partial charge < -0.3 is 9.64 Å². The van der Waals surface area contributed by atoms with Crippen LogP contribution in [0.25, 0.3) is 0 Å². The van der Waals surface area contributed by atoms with E-state index in [0.29, 0.717) is 5.82 Å². The molecule has 1 aliphatic rings. The van der Waals surface area contributed by atoms with Gasteiger partial charge in [0.15, 0.2) is 0 Å².